The van der Waals surface area contributed by atoms with Gasteiger partial charge in [-0.2, -0.15) is 10.4 Å². The van der Waals surface area contributed by atoms with Gasteiger partial charge < -0.3 is 10.6 Å². The van der Waals surface area contributed by atoms with Crippen molar-refractivity contribution in [2.75, 3.05) is 18.4 Å². The standard InChI is InChI=1S/C31H32N6O/c1-22(24-12-10-23(16-32)11-13-24)17-33-20-29(25-6-3-2-4-7-25)31(38)36-30-15-14-26(18-34-30)27-19-35-37(21-27)28-8-5-9-28/h2-4,6-7,10-15,18-19,21-22,28-29,33H,5,8-9,17,20H2,1H3,(H,34,36,38)/t22-,29?/m1/s1. The number of hydrogen-bond acceptors (Lipinski definition) is 5. The summed E-state index contributed by atoms with van der Waals surface area (Å²) in [6, 6.07) is 23.9. The molecule has 5 rings (SSSR count). The van der Waals surface area contributed by atoms with Crippen LogP contribution < -0.4 is 10.6 Å². The maximum absolute atomic E-state index is 13.4. The van der Waals surface area contributed by atoms with Gasteiger partial charge in [-0.25, -0.2) is 4.98 Å². The fourth-order valence-electron chi connectivity index (χ4n) is 4.69. The molecule has 1 unspecified atom stereocenters. The molecule has 2 N–H and O–H groups in total. The van der Waals surface area contributed by atoms with E-state index in [0.29, 0.717) is 30.5 Å². The SMILES string of the molecule is C[C@H](CNCC(C(=O)Nc1ccc(-c2cnn(C3CCC3)c2)cn1)c1ccccc1)c1ccc(C#N)cc1. The van der Waals surface area contributed by atoms with E-state index in [-0.39, 0.29) is 17.7 Å². The Morgan fingerprint density at radius 1 is 1.00 bits per heavy atom. The van der Waals surface area contributed by atoms with E-state index in [2.05, 4.69) is 39.9 Å². The molecule has 2 heterocycles. The number of nitrogens with zero attached hydrogens (tertiary/aromatic N) is 4. The summed E-state index contributed by atoms with van der Waals surface area (Å²) in [7, 11) is 0. The summed E-state index contributed by atoms with van der Waals surface area (Å²) < 4.78 is 2.05. The summed E-state index contributed by atoms with van der Waals surface area (Å²) in [5, 5.41) is 20.0. The number of anilines is 1. The van der Waals surface area contributed by atoms with Gasteiger partial charge in [-0.15, -0.1) is 0 Å². The van der Waals surface area contributed by atoms with Crippen molar-refractivity contribution in [3.05, 3.63) is 102 Å². The van der Waals surface area contributed by atoms with Crippen LogP contribution in [0.15, 0.2) is 85.3 Å². The molecule has 7 nitrogen and oxygen atoms in total. The molecule has 0 aliphatic heterocycles. The first-order valence-corrected chi connectivity index (χ1v) is 13.2. The molecule has 0 bridgehead atoms. The van der Waals surface area contributed by atoms with Crippen molar-refractivity contribution in [3.63, 3.8) is 0 Å². The Labute approximate surface area is 223 Å². The van der Waals surface area contributed by atoms with Crippen molar-refractivity contribution >= 4 is 11.7 Å². The summed E-state index contributed by atoms with van der Waals surface area (Å²) in [6.45, 7) is 3.34. The average molecular weight is 505 g/mol. The van der Waals surface area contributed by atoms with Gasteiger partial charge in [0, 0.05) is 36.6 Å². The summed E-state index contributed by atoms with van der Waals surface area (Å²) in [5.74, 6) is 0.293. The Kier molecular flexibility index (Phi) is 7.91. The normalized spacial score (nSPS) is 14.7. The second-order valence-corrected chi connectivity index (χ2v) is 9.97. The molecule has 2 atom stereocenters. The van der Waals surface area contributed by atoms with Crippen LogP contribution in [0.2, 0.25) is 0 Å². The zero-order valence-electron chi connectivity index (χ0n) is 21.5. The number of carbonyl (C=O) groups is 1. The molecule has 1 fully saturated rings. The van der Waals surface area contributed by atoms with Crippen molar-refractivity contribution in [1.29, 1.82) is 5.26 Å². The van der Waals surface area contributed by atoms with Crippen molar-refractivity contribution in [2.24, 2.45) is 0 Å². The lowest BCUT2D eigenvalue weighted by Crippen LogP contribution is -2.32. The zero-order chi connectivity index (χ0) is 26.3. The molecule has 38 heavy (non-hydrogen) atoms. The molecule has 1 amide bonds. The molecule has 2 aromatic carbocycles. The summed E-state index contributed by atoms with van der Waals surface area (Å²) in [5.41, 5.74) is 4.76. The molecule has 2 aromatic heterocycles. The van der Waals surface area contributed by atoms with E-state index in [1.807, 2.05) is 77.6 Å². The molecule has 192 valence electrons. The van der Waals surface area contributed by atoms with Gasteiger partial charge >= 0.3 is 0 Å². The minimum Gasteiger partial charge on any atom is -0.315 e. The van der Waals surface area contributed by atoms with Crippen LogP contribution in [0.4, 0.5) is 5.82 Å². The first-order chi connectivity index (χ1) is 18.6. The lowest BCUT2D eigenvalue weighted by molar-refractivity contribution is -0.117. The van der Waals surface area contributed by atoms with Gasteiger partial charge in [0.1, 0.15) is 5.82 Å². The van der Waals surface area contributed by atoms with Crippen molar-refractivity contribution in [1.82, 2.24) is 20.1 Å². The minimum atomic E-state index is -0.369. The Hall–Kier alpha value is -4.28. The van der Waals surface area contributed by atoms with Crippen LogP contribution >= 0.6 is 0 Å². The molecule has 1 aliphatic rings. The number of hydrogen-bond donors (Lipinski definition) is 2. The first kappa shape index (κ1) is 25.4. The van der Waals surface area contributed by atoms with Gasteiger partial charge in [0.15, 0.2) is 0 Å². The Balaban J connectivity index is 1.21. The number of nitrogens with one attached hydrogen (secondary N) is 2. The second-order valence-electron chi connectivity index (χ2n) is 9.97. The maximum atomic E-state index is 13.4. The number of benzene rings is 2. The van der Waals surface area contributed by atoms with Gasteiger partial charge in [-0.1, -0.05) is 49.4 Å². The van der Waals surface area contributed by atoms with Crippen LogP contribution in [-0.4, -0.2) is 33.8 Å². The summed E-state index contributed by atoms with van der Waals surface area (Å²) >= 11 is 0. The highest BCUT2D eigenvalue weighted by Gasteiger charge is 2.22. The van der Waals surface area contributed by atoms with Crippen LogP contribution in [0, 0.1) is 11.3 Å². The number of aromatic nitrogens is 3. The number of carbonyl (C=O) groups excluding carboxylic acids is 1. The van der Waals surface area contributed by atoms with Crippen LogP contribution in [0.5, 0.6) is 0 Å². The quantitative estimate of drug-likeness (QED) is 0.291. The number of nitriles is 1. The molecule has 4 aromatic rings. The average Bonchev–Trinajstić information content (AvgIpc) is 3.40. The van der Waals surface area contributed by atoms with E-state index >= 15 is 0 Å². The molecule has 0 saturated heterocycles. The predicted octanol–water partition coefficient (Wildman–Crippen LogP) is 5.66. The van der Waals surface area contributed by atoms with Crippen LogP contribution in [0.3, 0.4) is 0 Å². The lowest BCUT2D eigenvalue weighted by atomic mass is 9.93. The Bertz CT molecular complexity index is 1390. The third-order valence-corrected chi connectivity index (χ3v) is 7.32. The smallest absolute Gasteiger partial charge is 0.234 e. The van der Waals surface area contributed by atoms with Gasteiger partial charge in [0.2, 0.25) is 5.91 Å². The van der Waals surface area contributed by atoms with Crippen molar-refractivity contribution < 1.29 is 4.79 Å². The molecular weight excluding hydrogens is 472 g/mol. The number of amides is 1. The largest absolute Gasteiger partial charge is 0.315 e. The second kappa shape index (κ2) is 11.8. The van der Waals surface area contributed by atoms with Gasteiger partial charge in [-0.05, 0) is 60.6 Å². The first-order valence-electron chi connectivity index (χ1n) is 13.2. The monoisotopic (exact) mass is 504 g/mol. The number of rotatable bonds is 10. The van der Waals surface area contributed by atoms with E-state index < -0.39 is 0 Å². The molecule has 1 saturated carbocycles. The third-order valence-electron chi connectivity index (χ3n) is 7.32. The Morgan fingerprint density at radius 2 is 1.79 bits per heavy atom. The summed E-state index contributed by atoms with van der Waals surface area (Å²) in [6.07, 6.45) is 9.39. The highest BCUT2D eigenvalue weighted by atomic mass is 16.2. The van der Waals surface area contributed by atoms with E-state index in [1.54, 1.807) is 6.20 Å². The molecule has 7 heteroatoms. The fourth-order valence-corrected chi connectivity index (χ4v) is 4.69. The van der Waals surface area contributed by atoms with E-state index in [9.17, 15) is 4.79 Å². The number of pyridine rings is 1. The van der Waals surface area contributed by atoms with Gasteiger partial charge in [0.25, 0.3) is 0 Å². The lowest BCUT2D eigenvalue weighted by Gasteiger charge is -2.25. The summed E-state index contributed by atoms with van der Waals surface area (Å²) in [4.78, 5) is 17.9. The van der Waals surface area contributed by atoms with Crippen LogP contribution in [0.25, 0.3) is 11.1 Å². The van der Waals surface area contributed by atoms with Crippen LogP contribution in [0.1, 0.15) is 60.8 Å². The molecule has 1 aliphatic carbocycles. The van der Waals surface area contributed by atoms with E-state index in [0.717, 1.165) is 22.3 Å². The third kappa shape index (κ3) is 5.99. The predicted molar refractivity (Wildman–Crippen MR) is 149 cm³/mol. The molecule has 0 radical (unpaired) electrons. The Morgan fingerprint density at radius 3 is 2.45 bits per heavy atom. The van der Waals surface area contributed by atoms with Gasteiger partial charge in [-0.3, -0.25) is 9.48 Å². The highest BCUT2D eigenvalue weighted by Crippen LogP contribution is 2.32. The van der Waals surface area contributed by atoms with E-state index in [1.165, 1.54) is 19.3 Å². The van der Waals surface area contributed by atoms with E-state index in [4.69, 9.17) is 5.26 Å². The van der Waals surface area contributed by atoms with Crippen LogP contribution in [-0.2, 0) is 4.79 Å². The van der Waals surface area contributed by atoms with Crippen molar-refractivity contribution in [2.45, 2.75) is 44.1 Å². The highest BCUT2D eigenvalue weighted by molar-refractivity contribution is 5.95. The van der Waals surface area contributed by atoms with Crippen molar-refractivity contribution in [3.8, 4) is 17.2 Å². The topological polar surface area (TPSA) is 95.6 Å². The van der Waals surface area contributed by atoms with Gasteiger partial charge in [0.05, 0.1) is 29.8 Å². The molecule has 0 spiro atoms. The zero-order valence-corrected chi connectivity index (χ0v) is 21.5. The minimum absolute atomic E-state index is 0.104. The fraction of sp³-hybridized carbons (Fsp3) is 0.290. The molecular formula is C31H32N6O. The maximum Gasteiger partial charge on any atom is 0.234 e.